The third-order valence-corrected chi connectivity index (χ3v) is 20.5. The number of hydrogen-bond donors (Lipinski definition) is 0. The van der Waals surface area contributed by atoms with Crippen molar-refractivity contribution in [2.75, 3.05) is 0 Å². The van der Waals surface area contributed by atoms with Crippen molar-refractivity contribution < 1.29 is 0 Å². The molecule has 10 saturated carbocycles. The van der Waals surface area contributed by atoms with Gasteiger partial charge in [-0.05, 0) is 203 Å². The summed E-state index contributed by atoms with van der Waals surface area (Å²) in [7, 11) is 0. The second kappa shape index (κ2) is 14.7. The molecule has 0 radical (unpaired) electrons. The quantitative estimate of drug-likeness (QED) is 0.280. The lowest BCUT2D eigenvalue weighted by Gasteiger charge is -2.55. The van der Waals surface area contributed by atoms with Gasteiger partial charge in [-0.2, -0.15) is 0 Å². The molecule has 10 fully saturated rings. The Hall–Kier alpha value is 0. The number of rotatable bonds is 4. The fourth-order valence-corrected chi connectivity index (χ4v) is 18.5. The first-order chi connectivity index (χ1) is 24.3. The summed E-state index contributed by atoms with van der Waals surface area (Å²) in [5.74, 6) is 20.3. The maximum absolute atomic E-state index is 1.71. The van der Waals surface area contributed by atoms with E-state index in [-0.39, 0.29) is 0 Å². The van der Waals surface area contributed by atoms with Gasteiger partial charge in [-0.1, -0.05) is 103 Å². The van der Waals surface area contributed by atoms with Gasteiger partial charge in [0.15, 0.2) is 0 Å². The molecule has 0 amide bonds. The van der Waals surface area contributed by atoms with Crippen LogP contribution in [0.3, 0.4) is 0 Å². The van der Waals surface area contributed by atoms with Crippen LogP contribution in [0.5, 0.6) is 0 Å². The van der Waals surface area contributed by atoms with Crippen LogP contribution in [0.2, 0.25) is 0 Å². The van der Waals surface area contributed by atoms with Crippen molar-refractivity contribution in [1.82, 2.24) is 0 Å². The van der Waals surface area contributed by atoms with E-state index in [1.54, 1.807) is 199 Å². The zero-order valence-corrected chi connectivity index (χ0v) is 32.3. The van der Waals surface area contributed by atoms with E-state index in [1.807, 2.05) is 0 Å². The molecule has 0 spiro atoms. The summed E-state index contributed by atoms with van der Waals surface area (Å²) in [5, 5.41) is 0. The van der Waals surface area contributed by atoms with E-state index >= 15 is 0 Å². The molecule has 0 nitrogen and oxygen atoms in total. The van der Waals surface area contributed by atoms with Gasteiger partial charge in [-0.3, -0.25) is 0 Å². The van der Waals surface area contributed by atoms with Crippen LogP contribution in [-0.4, -0.2) is 0 Å². The van der Waals surface area contributed by atoms with Crippen molar-refractivity contribution >= 4 is 0 Å². The van der Waals surface area contributed by atoms with Crippen molar-refractivity contribution in [3.63, 3.8) is 0 Å². The molecule has 10 aliphatic carbocycles. The first-order valence-electron chi connectivity index (χ1n) is 24.3. The second-order valence-electron chi connectivity index (χ2n) is 22.1. The van der Waals surface area contributed by atoms with E-state index in [4.69, 9.17) is 0 Å². The van der Waals surface area contributed by atoms with Gasteiger partial charge in [0.25, 0.3) is 0 Å². The highest BCUT2D eigenvalue weighted by atomic mass is 14.6. The lowest BCUT2D eigenvalue weighted by Crippen LogP contribution is -2.47. The van der Waals surface area contributed by atoms with Crippen molar-refractivity contribution in [2.24, 2.45) is 107 Å². The monoisotopic (exact) mass is 669 g/mol. The first kappa shape index (κ1) is 33.6. The highest BCUT2D eigenvalue weighted by Crippen LogP contribution is 2.67. The minimum Gasteiger partial charge on any atom is -0.0533 e. The molecule has 0 heteroatoms. The van der Waals surface area contributed by atoms with Crippen LogP contribution in [-0.2, 0) is 0 Å². The van der Waals surface area contributed by atoms with Crippen LogP contribution in [0.4, 0.5) is 0 Å². The van der Waals surface area contributed by atoms with E-state index in [0.717, 1.165) is 107 Å². The average molecular weight is 669 g/mol. The topological polar surface area (TPSA) is 0 Å². The lowest BCUT2D eigenvalue weighted by atomic mass is 9.50. The van der Waals surface area contributed by atoms with Gasteiger partial charge in [-0.25, -0.2) is 0 Å². The van der Waals surface area contributed by atoms with Crippen molar-refractivity contribution in [2.45, 2.75) is 199 Å². The van der Waals surface area contributed by atoms with Gasteiger partial charge in [-0.15, -0.1) is 0 Å². The van der Waals surface area contributed by atoms with Crippen molar-refractivity contribution in [3.05, 3.63) is 0 Å². The third kappa shape index (κ3) is 6.50. The average Bonchev–Trinajstić information content (AvgIpc) is 3.58. The van der Waals surface area contributed by atoms with Crippen LogP contribution < -0.4 is 0 Å². The van der Waals surface area contributed by atoms with E-state index in [1.165, 1.54) is 0 Å². The standard InChI is InChI=1S/C49H80/c1-2-10-32(11-3-1)41-28-42(38-21-18-33-12-4-6-15-36(33)26-38)30-43(29-41)46-25-24-44(39-22-19-34-13-5-7-16-37(34)27-39)47-31-40-23-20-35-14-8-9-17-45(35)48(40)49(46)47/h32-49H,1-31H2. The molecule has 0 heterocycles. The molecule has 49 heavy (non-hydrogen) atoms. The molecule has 0 aromatic carbocycles. The summed E-state index contributed by atoms with van der Waals surface area (Å²) in [6, 6.07) is 0. The maximum Gasteiger partial charge on any atom is -0.0318 e. The number of fused-ring (bicyclic) bond motifs is 7. The van der Waals surface area contributed by atoms with Gasteiger partial charge in [0.2, 0.25) is 0 Å². The molecule has 0 aromatic heterocycles. The van der Waals surface area contributed by atoms with Crippen LogP contribution in [0, 0.1) is 107 Å². The van der Waals surface area contributed by atoms with E-state index < -0.39 is 0 Å². The highest BCUT2D eigenvalue weighted by molar-refractivity contribution is 5.08. The summed E-state index contributed by atoms with van der Waals surface area (Å²) in [5.41, 5.74) is 0. The minimum absolute atomic E-state index is 1.11. The molecule has 17 atom stereocenters. The predicted molar refractivity (Wildman–Crippen MR) is 206 cm³/mol. The largest absolute Gasteiger partial charge is 0.0533 e. The second-order valence-corrected chi connectivity index (χ2v) is 22.1. The molecule has 0 bridgehead atoms. The summed E-state index contributed by atoms with van der Waals surface area (Å²) in [6.45, 7) is 0. The molecule has 0 aliphatic heterocycles. The lowest BCUT2D eigenvalue weighted by molar-refractivity contribution is -0.0573. The SMILES string of the molecule is C1CCC(C2CC(C3CCC4CCCCC4C3)CC(C3CCC(C4CCC5CCCCC5C4)C4CC5CCC6CCCCC6C5C34)C2)CC1. The normalized spacial score (nSPS) is 53.8. The van der Waals surface area contributed by atoms with Gasteiger partial charge in [0.05, 0.1) is 0 Å². The molecule has 17 unspecified atom stereocenters. The summed E-state index contributed by atoms with van der Waals surface area (Å²) in [6.07, 6.45) is 50.2. The minimum atomic E-state index is 1.11. The molecule has 276 valence electrons. The van der Waals surface area contributed by atoms with Crippen LogP contribution in [0.1, 0.15) is 199 Å². The fourth-order valence-electron chi connectivity index (χ4n) is 18.5. The fraction of sp³-hybridized carbons (Fsp3) is 1.00. The Morgan fingerprint density at radius 2 is 0.571 bits per heavy atom. The van der Waals surface area contributed by atoms with Crippen LogP contribution >= 0.6 is 0 Å². The van der Waals surface area contributed by atoms with Gasteiger partial charge in [0.1, 0.15) is 0 Å². The zero-order valence-electron chi connectivity index (χ0n) is 32.3. The highest BCUT2D eigenvalue weighted by Gasteiger charge is 2.59. The molecular formula is C49H80. The van der Waals surface area contributed by atoms with Crippen LogP contribution in [0.25, 0.3) is 0 Å². The Kier molecular flexibility index (Phi) is 10.1. The Morgan fingerprint density at radius 3 is 1.31 bits per heavy atom. The molecule has 10 aliphatic rings. The third-order valence-electron chi connectivity index (χ3n) is 20.5. The summed E-state index contributed by atoms with van der Waals surface area (Å²) in [4.78, 5) is 0. The van der Waals surface area contributed by atoms with Crippen LogP contribution in [0.15, 0.2) is 0 Å². The van der Waals surface area contributed by atoms with E-state index in [2.05, 4.69) is 0 Å². The maximum atomic E-state index is 1.71. The Morgan fingerprint density at radius 1 is 0.163 bits per heavy atom. The number of hydrogen-bond acceptors (Lipinski definition) is 0. The summed E-state index contributed by atoms with van der Waals surface area (Å²) >= 11 is 0. The predicted octanol–water partition coefficient (Wildman–Crippen LogP) is 14.3. The Balaban J connectivity index is 0.941. The molecule has 0 N–H and O–H groups in total. The molecular weight excluding hydrogens is 589 g/mol. The van der Waals surface area contributed by atoms with Crippen molar-refractivity contribution in [3.8, 4) is 0 Å². The van der Waals surface area contributed by atoms with Gasteiger partial charge < -0.3 is 0 Å². The zero-order chi connectivity index (χ0) is 32.3. The molecule has 10 rings (SSSR count). The first-order valence-corrected chi connectivity index (χ1v) is 24.3. The Bertz CT molecular complexity index is 1080. The molecule has 0 aromatic rings. The van der Waals surface area contributed by atoms with Gasteiger partial charge in [0, 0.05) is 0 Å². The van der Waals surface area contributed by atoms with E-state index in [9.17, 15) is 0 Å². The summed E-state index contributed by atoms with van der Waals surface area (Å²) < 4.78 is 0. The van der Waals surface area contributed by atoms with Crippen molar-refractivity contribution in [1.29, 1.82) is 0 Å². The van der Waals surface area contributed by atoms with Gasteiger partial charge >= 0.3 is 0 Å². The smallest absolute Gasteiger partial charge is 0.0318 e. The molecule has 0 saturated heterocycles. The Labute approximate surface area is 304 Å². The van der Waals surface area contributed by atoms with E-state index in [0.29, 0.717) is 0 Å².